The van der Waals surface area contributed by atoms with E-state index in [1.165, 1.54) is 0 Å². The number of Topliss-reactive ketones (excluding diaryl/α,β-unsaturated/α-hetero) is 4. The Bertz CT molecular complexity index is 524. The highest BCUT2D eigenvalue weighted by molar-refractivity contribution is 6.45. The van der Waals surface area contributed by atoms with Crippen LogP contribution in [0, 0.1) is 0 Å². The zero-order valence-corrected chi connectivity index (χ0v) is 12.6. The fourth-order valence-electron chi connectivity index (χ4n) is 2.11. The number of aliphatic hydroxyl groups excluding tert-OH is 2. The van der Waals surface area contributed by atoms with E-state index in [2.05, 4.69) is 4.74 Å². The molecule has 0 fully saturated rings. The summed E-state index contributed by atoms with van der Waals surface area (Å²) in [6.07, 6.45) is -2.35. The summed E-state index contributed by atoms with van der Waals surface area (Å²) in [6.45, 7) is 1.67. The number of hydrogen-bond donors (Lipinski definition) is 3. The van der Waals surface area contributed by atoms with Crippen molar-refractivity contribution in [2.45, 2.75) is 45.0 Å². The van der Waals surface area contributed by atoms with E-state index in [0.29, 0.717) is 13.8 Å². The minimum Gasteiger partial charge on any atom is -0.439 e. The summed E-state index contributed by atoms with van der Waals surface area (Å²) in [5, 5.41) is 29.2. The third-order valence-electron chi connectivity index (χ3n) is 3.16. The van der Waals surface area contributed by atoms with Crippen LogP contribution in [-0.2, 0) is 28.7 Å². The number of ether oxygens (including phenoxy) is 1. The van der Waals surface area contributed by atoms with Gasteiger partial charge in [0, 0.05) is 13.8 Å². The van der Waals surface area contributed by atoms with E-state index < -0.39 is 53.0 Å². The van der Waals surface area contributed by atoms with Crippen LogP contribution in [0.15, 0.2) is 0 Å². The predicted octanol–water partition coefficient (Wildman–Crippen LogP) is -2.29. The molecule has 0 spiro atoms. The molecule has 3 N–H and O–H groups in total. The van der Waals surface area contributed by atoms with E-state index in [-0.39, 0.29) is 0 Å². The van der Waals surface area contributed by atoms with Crippen LogP contribution in [-0.4, -0.2) is 68.3 Å². The zero-order chi connectivity index (χ0) is 17.9. The molecule has 0 saturated heterocycles. The van der Waals surface area contributed by atoms with Gasteiger partial charge in [0.15, 0.2) is 17.3 Å². The molecule has 22 heavy (non-hydrogen) atoms. The molecule has 0 saturated carbocycles. The Hall–Kier alpha value is -1.97. The second-order valence-electron chi connectivity index (χ2n) is 4.74. The highest BCUT2D eigenvalue weighted by Crippen LogP contribution is 2.34. The molecule has 0 radical (unpaired) electrons. The Balaban J connectivity index is 6.76. The molecular formula is C13H18O9. The van der Waals surface area contributed by atoms with Crippen LogP contribution in [0.1, 0.15) is 27.7 Å². The molecule has 0 aliphatic rings. The predicted molar refractivity (Wildman–Crippen MR) is 69.6 cm³/mol. The summed E-state index contributed by atoms with van der Waals surface area (Å²) in [7, 11) is 0. The molecule has 0 bridgehead atoms. The first-order valence-corrected chi connectivity index (χ1v) is 6.17. The van der Waals surface area contributed by atoms with E-state index >= 15 is 0 Å². The molecular weight excluding hydrogens is 300 g/mol. The van der Waals surface area contributed by atoms with Crippen LogP contribution in [0.4, 0.5) is 0 Å². The second kappa shape index (κ2) is 6.86. The van der Waals surface area contributed by atoms with Crippen molar-refractivity contribution in [1.82, 2.24) is 0 Å². The quantitative estimate of drug-likeness (QED) is 0.254. The van der Waals surface area contributed by atoms with Crippen LogP contribution in [0.3, 0.4) is 0 Å². The lowest BCUT2D eigenvalue weighted by atomic mass is 9.70. The lowest BCUT2D eigenvalue weighted by Crippen LogP contribution is -2.74. The molecule has 0 amide bonds. The number of hydrogen-bond acceptors (Lipinski definition) is 9. The lowest BCUT2D eigenvalue weighted by Gasteiger charge is -2.42. The van der Waals surface area contributed by atoms with Crippen molar-refractivity contribution >= 4 is 29.1 Å². The molecule has 3 atom stereocenters. The third-order valence-corrected chi connectivity index (χ3v) is 3.16. The SMILES string of the molecule is CC(=O)O[C@@](C(C)=O)(C(=O)C(C)=O)C(O)(C(C)=O)C(O)CO. The van der Waals surface area contributed by atoms with E-state index in [9.17, 15) is 34.2 Å². The molecule has 2 unspecified atom stereocenters. The lowest BCUT2D eigenvalue weighted by molar-refractivity contribution is -0.218. The van der Waals surface area contributed by atoms with Gasteiger partial charge in [-0.3, -0.25) is 24.0 Å². The minimum atomic E-state index is -3.32. The maximum Gasteiger partial charge on any atom is 0.304 e. The fourth-order valence-corrected chi connectivity index (χ4v) is 2.11. The molecule has 0 aromatic carbocycles. The number of esters is 1. The molecule has 124 valence electrons. The Morgan fingerprint density at radius 1 is 1.00 bits per heavy atom. The van der Waals surface area contributed by atoms with Crippen LogP contribution in [0.25, 0.3) is 0 Å². The van der Waals surface area contributed by atoms with E-state index in [4.69, 9.17) is 5.11 Å². The first-order valence-electron chi connectivity index (χ1n) is 6.17. The topological polar surface area (TPSA) is 155 Å². The van der Waals surface area contributed by atoms with Gasteiger partial charge in [-0.1, -0.05) is 0 Å². The summed E-state index contributed by atoms with van der Waals surface area (Å²) in [4.78, 5) is 58.6. The van der Waals surface area contributed by atoms with Crippen LogP contribution >= 0.6 is 0 Å². The van der Waals surface area contributed by atoms with Gasteiger partial charge in [0.2, 0.25) is 5.60 Å². The number of carbonyl (C=O) groups is 5. The highest BCUT2D eigenvalue weighted by Gasteiger charge is 2.69. The summed E-state index contributed by atoms with van der Waals surface area (Å²) >= 11 is 0. The maximum absolute atomic E-state index is 12.2. The van der Waals surface area contributed by atoms with E-state index in [0.717, 1.165) is 13.8 Å². The summed E-state index contributed by atoms with van der Waals surface area (Å²) in [6, 6.07) is 0. The van der Waals surface area contributed by atoms with Gasteiger partial charge in [0.25, 0.3) is 11.4 Å². The standard InChI is InChI=1S/C13H18O9/c1-6(15)11(20)13(8(3)17,22-9(4)18)12(21,7(2)16)10(19)5-14/h10,14,19,21H,5H2,1-4H3/t10?,12?,13-/m0/s1. The van der Waals surface area contributed by atoms with Crippen molar-refractivity contribution in [2.75, 3.05) is 6.61 Å². The number of aliphatic hydroxyl groups is 3. The molecule has 9 heteroatoms. The Labute approximate surface area is 125 Å². The van der Waals surface area contributed by atoms with Crippen LogP contribution in [0.2, 0.25) is 0 Å². The minimum absolute atomic E-state index is 0.696. The molecule has 0 aliphatic heterocycles. The average Bonchev–Trinajstić information content (AvgIpc) is 2.40. The van der Waals surface area contributed by atoms with Crippen LogP contribution in [0.5, 0.6) is 0 Å². The normalized spacial score (nSPS) is 17.6. The smallest absolute Gasteiger partial charge is 0.304 e. The molecule has 0 heterocycles. The van der Waals surface area contributed by atoms with Gasteiger partial charge in [-0.25, -0.2) is 0 Å². The van der Waals surface area contributed by atoms with Gasteiger partial charge in [0.1, 0.15) is 6.10 Å². The molecule has 0 aromatic heterocycles. The number of ketones is 4. The Kier molecular flexibility index (Phi) is 6.25. The van der Waals surface area contributed by atoms with E-state index in [1.54, 1.807) is 0 Å². The number of rotatable bonds is 8. The molecule has 0 rings (SSSR count). The van der Waals surface area contributed by atoms with Crippen molar-refractivity contribution in [2.24, 2.45) is 0 Å². The second-order valence-corrected chi connectivity index (χ2v) is 4.74. The monoisotopic (exact) mass is 318 g/mol. The average molecular weight is 318 g/mol. The zero-order valence-electron chi connectivity index (χ0n) is 12.6. The first kappa shape index (κ1) is 20.0. The van der Waals surface area contributed by atoms with Crippen molar-refractivity contribution in [3.8, 4) is 0 Å². The summed E-state index contributed by atoms with van der Waals surface area (Å²) in [5.41, 5.74) is -6.60. The van der Waals surface area contributed by atoms with Gasteiger partial charge >= 0.3 is 5.97 Å². The van der Waals surface area contributed by atoms with Crippen molar-refractivity contribution in [3.63, 3.8) is 0 Å². The maximum atomic E-state index is 12.2. The highest BCUT2D eigenvalue weighted by atomic mass is 16.6. The van der Waals surface area contributed by atoms with Gasteiger partial charge in [-0.15, -0.1) is 0 Å². The third kappa shape index (κ3) is 2.96. The first-order chi connectivity index (χ1) is 9.89. The van der Waals surface area contributed by atoms with Crippen LogP contribution < -0.4 is 0 Å². The van der Waals surface area contributed by atoms with Gasteiger partial charge < -0.3 is 20.1 Å². The molecule has 0 aromatic rings. The van der Waals surface area contributed by atoms with Gasteiger partial charge in [0.05, 0.1) is 6.61 Å². The van der Waals surface area contributed by atoms with Crippen molar-refractivity contribution < 1.29 is 44.0 Å². The van der Waals surface area contributed by atoms with Crippen molar-refractivity contribution in [3.05, 3.63) is 0 Å². The largest absolute Gasteiger partial charge is 0.439 e. The Morgan fingerprint density at radius 3 is 1.68 bits per heavy atom. The molecule has 9 nitrogen and oxygen atoms in total. The number of carbonyl (C=O) groups excluding carboxylic acids is 5. The van der Waals surface area contributed by atoms with Gasteiger partial charge in [-0.05, 0) is 13.8 Å². The Morgan fingerprint density at radius 2 is 1.45 bits per heavy atom. The van der Waals surface area contributed by atoms with E-state index in [1.807, 2.05) is 0 Å². The van der Waals surface area contributed by atoms with Crippen molar-refractivity contribution in [1.29, 1.82) is 0 Å². The summed E-state index contributed by atoms with van der Waals surface area (Å²) in [5.74, 6) is -6.94. The molecule has 0 aliphatic carbocycles. The van der Waals surface area contributed by atoms with Gasteiger partial charge in [-0.2, -0.15) is 0 Å². The fraction of sp³-hybridized carbons (Fsp3) is 0.615. The summed E-state index contributed by atoms with van der Waals surface area (Å²) < 4.78 is 4.57.